The Bertz CT molecular complexity index is 273. The first-order chi connectivity index (χ1) is 7.83. The average molecular weight is 225 g/mol. The molecule has 0 spiro atoms. The molecule has 0 unspecified atom stereocenters. The summed E-state index contributed by atoms with van der Waals surface area (Å²) in [5.41, 5.74) is 6.63. The molecule has 0 aromatic carbocycles. The van der Waals surface area contributed by atoms with Crippen LogP contribution in [0.5, 0.6) is 0 Å². The molecule has 0 aliphatic rings. The number of hydrogen-bond acceptors (Lipinski definition) is 3. The number of aromatic nitrogens is 2. The highest BCUT2D eigenvalue weighted by Gasteiger charge is 1.97. The normalized spacial score (nSPS) is 10.8. The summed E-state index contributed by atoms with van der Waals surface area (Å²) in [4.78, 5) is 7.00. The van der Waals surface area contributed by atoms with Crippen LogP contribution in [-0.2, 0) is 6.42 Å². The van der Waals surface area contributed by atoms with Crippen LogP contribution in [0.3, 0.4) is 0 Å². The van der Waals surface area contributed by atoms with E-state index >= 15 is 0 Å². The Balaban J connectivity index is 1.88. The zero-order valence-corrected chi connectivity index (χ0v) is 9.91. The van der Waals surface area contributed by atoms with Gasteiger partial charge in [0.15, 0.2) is 5.95 Å². The van der Waals surface area contributed by atoms with Gasteiger partial charge in [-0.15, -0.1) is 0 Å². The largest absolute Gasteiger partial charge is 0.396 e. The van der Waals surface area contributed by atoms with Crippen LogP contribution in [0.15, 0.2) is 6.20 Å². The quantitative estimate of drug-likeness (QED) is 0.564. The van der Waals surface area contributed by atoms with Gasteiger partial charge in [0.1, 0.15) is 0 Å². The van der Waals surface area contributed by atoms with Gasteiger partial charge in [-0.3, -0.25) is 0 Å². The van der Waals surface area contributed by atoms with Crippen molar-refractivity contribution in [2.24, 2.45) is 0 Å². The number of nitrogens with two attached hydrogens (primary N) is 1. The van der Waals surface area contributed by atoms with E-state index in [1.54, 1.807) is 0 Å². The lowest BCUT2D eigenvalue weighted by Crippen LogP contribution is -1.89. The summed E-state index contributed by atoms with van der Waals surface area (Å²) >= 11 is 0. The van der Waals surface area contributed by atoms with Gasteiger partial charge in [0.2, 0.25) is 0 Å². The van der Waals surface area contributed by atoms with Crippen LogP contribution in [0.4, 0.5) is 5.95 Å². The standard InChI is InChI=1S/C12H23N3O/c13-12-14-10-11(15-12)8-6-4-2-1-3-5-7-9-16/h10,16H,1-9H2,(H3,13,14,15). The van der Waals surface area contributed by atoms with Crippen LogP contribution in [0.2, 0.25) is 0 Å². The number of anilines is 1. The van der Waals surface area contributed by atoms with Crippen molar-refractivity contribution in [3.8, 4) is 0 Å². The fraction of sp³-hybridized carbons (Fsp3) is 0.750. The second-order valence-corrected chi connectivity index (χ2v) is 4.24. The lowest BCUT2D eigenvalue weighted by atomic mass is 10.1. The van der Waals surface area contributed by atoms with Crippen molar-refractivity contribution in [1.82, 2.24) is 9.97 Å². The number of imidazole rings is 1. The van der Waals surface area contributed by atoms with E-state index in [1.807, 2.05) is 6.20 Å². The van der Waals surface area contributed by atoms with Crippen molar-refractivity contribution in [2.45, 2.75) is 51.4 Å². The molecule has 0 bridgehead atoms. The van der Waals surface area contributed by atoms with Gasteiger partial charge in [0.05, 0.1) is 6.20 Å². The number of aromatic amines is 1. The van der Waals surface area contributed by atoms with Gasteiger partial charge in [-0.25, -0.2) is 4.98 Å². The maximum Gasteiger partial charge on any atom is 0.197 e. The minimum Gasteiger partial charge on any atom is -0.396 e. The van der Waals surface area contributed by atoms with Crippen LogP contribution in [-0.4, -0.2) is 21.7 Å². The smallest absolute Gasteiger partial charge is 0.197 e. The number of aliphatic hydroxyl groups is 1. The second kappa shape index (κ2) is 8.16. The third-order valence-corrected chi connectivity index (χ3v) is 2.75. The summed E-state index contributed by atoms with van der Waals surface area (Å²) < 4.78 is 0. The Hall–Kier alpha value is -1.03. The summed E-state index contributed by atoms with van der Waals surface area (Å²) in [5, 5.41) is 8.62. The summed E-state index contributed by atoms with van der Waals surface area (Å²) in [6.45, 7) is 0.335. The van der Waals surface area contributed by atoms with Gasteiger partial charge in [0.25, 0.3) is 0 Å². The fourth-order valence-electron chi connectivity index (χ4n) is 1.81. The predicted octanol–water partition coefficient (Wildman–Crippen LogP) is 2.26. The summed E-state index contributed by atoms with van der Waals surface area (Å²) in [6, 6.07) is 0. The van der Waals surface area contributed by atoms with Gasteiger partial charge >= 0.3 is 0 Å². The zero-order chi connectivity index (χ0) is 11.6. The van der Waals surface area contributed by atoms with Crippen LogP contribution < -0.4 is 5.73 Å². The fourth-order valence-corrected chi connectivity index (χ4v) is 1.81. The number of hydrogen-bond donors (Lipinski definition) is 3. The predicted molar refractivity (Wildman–Crippen MR) is 66.1 cm³/mol. The molecule has 0 amide bonds. The van der Waals surface area contributed by atoms with E-state index in [0.29, 0.717) is 12.6 Å². The molecule has 16 heavy (non-hydrogen) atoms. The average Bonchev–Trinajstić information content (AvgIpc) is 2.68. The molecule has 1 aromatic heterocycles. The topological polar surface area (TPSA) is 74.9 Å². The lowest BCUT2D eigenvalue weighted by molar-refractivity contribution is 0.282. The van der Waals surface area contributed by atoms with E-state index in [4.69, 9.17) is 10.8 Å². The van der Waals surface area contributed by atoms with Crippen LogP contribution in [0.25, 0.3) is 0 Å². The second-order valence-electron chi connectivity index (χ2n) is 4.24. The molecule has 0 saturated carbocycles. The van der Waals surface area contributed by atoms with Crippen molar-refractivity contribution in [3.63, 3.8) is 0 Å². The minimum absolute atomic E-state index is 0.335. The Morgan fingerprint density at radius 3 is 2.25 bits per heavy atom. The highest BCUT2D eigenvalue weighted by molar-refractivity contribution is 5.18. The maximum atomic E-state index is 8.62. The van der Waals surface area contributed by atoms with Crippen LogP contribution in [0, 0.1) is 0 Å². The first-order valence-electron chi connectivity index (χ1n) is 6.23. The molecule has 4 N–H and O–H groups in total. The van der Waals surface area contributed by atoms with Crippen molar-refractivity contribution in [3.05, 3.63) is 11.9 Å². The number of nitrogen functional groups attached to an aromatic ring is 1. The Labute approximate surface area is 97.3 Å². The number of aryl methyl sites for hydroxylation is 1. The SMILES string of the molecule is Nc1ncc(CCCCCCCCCO)[nH]1. The number of H-pyrrole nitrogens is 1. The third kappa shape index (κ3) is 5.75. The molecule has 4 heteroatoms. The molecule has 0 aliphatic carbocycles. The molecule has 0 saturated heterocycles. The Morgan fingerprint density at radius 2 is 1.69 bits per heavy atom. The molecule has 92 valence electrons. The van der Waals surface area contributed by atoms with E-state index in [1.165, 1.54) is 32.1 Å². The van der Waals surface area contributed by atoms with E-state index < -0.39 is 0 Å². The highest BCUT2D eigenvalue weighted by Crippen LogP contribution is 2.09. The minimum atomic E-state index is 0.335. The molecule has 0 radical (unpaired) electrons. The molecule has 0 atom stereocenters. The first-order valence-corrected chi connectivity index (χ1v) is 6.23. The molecule has 1 aromatic rings. The van der Waals surface area contributed by atoms with E-state index in [2.05, 4.69) is 9.97 Å². The van der Waals surface area contributed by atoms with Gasteiger partial charge in [-0.05, 0) is 19.3 Å². The van der Waals surface area contributed by atoms with Gasteiger partial charge in [-0.2, -0.15) is 0 Å². The molecule has 0 fully saturated rings. The van der Waals surface area contributed by atoms with Crippen molar-refractivity contribution in [1.29, 1.82) is 0 Å². The number of nitrogens with zero attached hydrogens (tertiary/aromatic N) is 1. The molecule has 0 aliphatic heterocycles. The maximum absolute atomic E-state index is 8.62. The van der Waals surface area contributed by atoms with Crippen LogP contribution in [0.1, 0.15) is 50.6 Å². The van der Waals surface area contributed by atoms with E-state index in [9.17, 15) is 0 Å². The van der Waals surface area contributed by atoms with Gasteiger partial charge in [-0.1, -0.05) is 32.1 Å². The summed E-state index contributed by atoms with van der Waals surface area (Å²) in [5.74, 6) is 0.513. The molecular weight excluding hydrogens is 202 g/mol. The Kier molecular flexibility index (Phi) is 6.65. The number of unbranched alkanes of at least 4 members (excludes halogenated alkanes) is 6. The summed E-state index contributed by atoms with van der Waals surface area (Å²) in [6.07, 6.45) is 11.2. The molecular formula is C12H23N3O. The van der Waals surface area contributed by atoms with Gasteiger partial charge in [0, 0.05) is 12.3 Å². The lowest BCUT2D eigenvalue weighted by Gasteiger charge is -2.00. The van der Waals surface area contributed by atoms with Crippen LogP contribution >= 0.6 is 0 Å². The molecule has 1 heterocycles. The highest BCUT2D eigenvalue weighted by atomic mass is 16.2. The first kappa shape index (κ1) is 13.0. The zero-order valence-electron chi connectivity index (χ0n) is 9.91. The molecule has 1 rings (SSSR count). The Morgan fingerprint density at radius 1 is 1.06 bits per heavy atom. The molecule has 4 nitrogen and oxygen atoms in total. The number of nitrogens with one attached hydrogen (secondary N) is 1. The number of rotatable bonds is 9. The van der Waals surface area contributed by atoms with Crippen molar-refractivity contribution < 1.29 is 5.11 Å². The van der Waals surface area contributed by atoms with E-state index in [0.717, 1.165) is 25.0 Å². The van der Waals surface area contributed by atoms with Gasteiger partial charge < -0.3 is 15.8 Å². The monoisotopic (exact) mass is 225 g/mol. The van der Waals surface area contributed by atoms with E-state index in [-0.39, 0.29) is 0 Å². The van der Waals surface area contributed by atoms with Crippen molar-refractivity contribution >= 4 is 5.95 Å². The third-order valence-electron chi connectivity index (χ3n) is 2.75. The summed E-state index contributed by atoms with van der Waals surface area (Å²) in [7, 11) is 0. The van der Waals surface area contributed by atoms with Crippen molar-refractivity contribution in [2.75, 3.05) is 12.3 Å². The number of aliphatic hydroxyl groups excluding tert-OH is 1.